The van der Waals surface area contributed by atoms with Crippen molar-refractivity contribution in [2.24, 2.45) is 0 Å². The maximum atomic E-state index is 13.7. The monoisotopic (exact) mass is 404 g/mol. The molecule has 0 atom stereocenters. The Hall–Kier alpha value is -2.54. The third-order valence-corrected chi connectivity index (χ3v) is 4.06. The first-order chi connectivity index (χ1) is 12.1. The van der Waals surface area contributed by atoms with E-state index >= 15 is 0 Å². The van der Waals surface area contributed by atoms with Crippen molar-refractivity contribution in [3.8, 4) is 11.4 Å². The normalized spacial score (nSPS) is 10.7. The number of aryl methyl sites for hydroxylation is 1. The van der Waals surface area contributed by atoms with Crippen LogP contribution in [0, 0.1) is 5.82 Å². The Morgan fingerprint density at radius 3 is 2.68 bits per heavy atom. The highest BCUT2D eigenvalue weighted by Crippen LogP contribution is 2.19. The number of esters is 1. The number of hydrogen-bond donors (Lipinski definition) is 0. The van der Waals surface area contributed by atoms with E-state index in [1.807, 2.05) is 24.3 Å². The van der Waals surface area contributed by atoms with Gasteiger partial charge in [0.25, 0.3) is 5.89 Å². The zero-order valence-electron chi connectivity index (χ0n) is 13.3. The molecule has 3 rings (SSSR count). The summed E-state index contributed by atoms with van der Waals surface area (Å²) in [6.07, 6.45) is 0.945. The first kappa shape index (κ1) is 17.3. The lowest BCUT2D eigenvalue weighted by Crippen LogP contribution is -2.07. The molecular formula is C18H14BrFN2O3. The highest BCUT2D eigenvalue weighted by molar-refractivity contribution is 9.10. The molecule has 1 aromatic heterocycles. The minimum Gasteiger partial charge on any atom is -0.452 e. The molecule has 0 saturated carbocycles. The highest BCUT2D eigenvalue weighted by Gasteiger charge is 2.16. The summed E-state index contributed by atoms with van der Waals surface area (Å²) in [5.74, 6) is -0.914. The number of hydrogen-bond acceptors (Lipinski definition) is 5. The Morgan fingerprint density at radius 1 is 1.24 bits per heavy atom. The Bertz CT molecular complexity index is 894. The van der Waals surface area contributed by atoms with Crippen LogP contribution in [0.3, 0.4) is 0 Å². The molecular weight excluding hydrogens is 391 g/mol. The van der Waals surface area contributed by atoms with Gasteiger partial charge in [-0.3, -0.25) is 0 Å². The van der Waals surface area contributed by atoms with Gasteiger partial charge in [-0.25, -0.2) is 9.18 Å². The molecule has 0 N–H and O–H groups in total. The zero-order chi connectivity index (χ0) is 17.8. The summed E-state index contributed by atoms with van der Waals surface area (Å²) >= 11 is 3.13. The highest BCUT2D eigenvalue weighted by atomic mass is 79.9. The first-order valence-corrected chi connectivity index (χ1v) is 8.40. The standard InChI is InChI=1S/C18H14BrFN2O3/c1-2-11-3-5-12(6-4-11)17-21-16(25-22-17)10-24-18(23)14-8-7-13(19)9-15(14)20/h3-9H,2,10H2,1H3. The molecule has 0 unspecified atom stereocenters. The van der Waals surface area contributed by atoms with Gasteiger partial charge in [0, 0.05) is 10.0 Å². The van der Waals surface area contributed by atoms with Crippen LogP contribution in [0.5, 0.6) is 0 Å². The molecule has 0 bridgehead atoms. The Labute approximate surface area is 151 Å². The minimum absolute atomic E-state index is 0.139. The lowest BCUT2D eigenvalue weighted by Gasteiger charge is -2.03. The Morgan fingerprint density at radius 2 is 2.00 bits per heavy atom. The van der Waals surface area contributed by atoms with E-state index in [9.17, 15) is 9.18 Å². The van der Waals surface area contributed by atoms with E-state index in [1.165, 1.54) is 17.7 Å². The smallest absolute Gasteiger partial charge is 0.341 e. The van der Waals surface area contributed by atoms with E-state index in [-0.39, 0.29) is 18.1 Å². The summed E-state index contributed by atoms with van der Waals surface area (Å²) in [5, 5.41) is 3.86. The molecule has 25 heavy (non-hydrogen) atoms. The lowest BCUT2D eigenvalue weighted by atomic mass is 10.1. The topological polar surface area (TPSA) is 65.2 Å². The molecule has 0 aliphatic rings. The van der Waals surface area contributed by atoms with Crippen LogP contribution in [0.4, 0.5) is 4.39 Å². The van der Waals surface area contributed by atoms with Crippen molar-refractivity contribution >= 4 is 21.9 Å². The van der Waals surface area contributed by atoms with Crippen LogP contribution < -0.4 is 0 Å². The number of halogens is 2. The molecule has 5 nitrogen and oxygen atoms in total. The van der Waals surface area contributed by atoms with Crippen LogP contribution >= 0.6 is 15.9 Å². The molecule has 7 heteroatoms. The molecule has 0 aliphatic carbocycles. The second kappa shape index (κ2) is 7.57. The van der Waals surface area contributed by atoms with Crippen molar-refractivity contribution in [2.75, 3.05) is 0 Å². The van der Waals surface area contributed by atoms with E-state index in [4.69, 9.17) is 9.26 Å². The van der Waals surface area contributed by atoms with E-state index in [1.54, 1.807) is 6.07 Å². The summed E-state index contributed by atoms with van der Waals surface area (Å²) < 4.78 is 24.4. The quantitative estimate of drug-likeness (QED) is 0.583. The van der Waals surface area contributed by atoms with Crippen molar-refractivity contribution in [3.63, 3.8) is 0 Å². The van der Waals surface area contributed by atoms with E-state index in [0.717, 1.165) is 12.0 Å². The average Bonchev–Trinajstić information content (AvgIpc) is 3.09. The summed E-state index contributed by atoms with van der Waals surface area (Å²) in [7, 11) is 0. The van der Waals surface area contributed by atoms with Crippen LogP contribution in [-0.2, 0) is 17.8 Å². The minimum atomic E-state index is -0.794. The molecule has 3 aromatic rings. The second-order valence-corrected chi connectivity index (χ2v) is 6.18. The SMILES string of the molecule is CCc1ccc(-c2noc(COC(=O)c3ccc(Br)cc3F)n2)cc1. The zero-order valence-corrected chi connectivity index (χ0v) is 14.9. The van der Waals surface area contributed by atoms with Gasteiger partial charge in [0.15, 0.2) is 6.61 Å². The van der Waals surface area contributed by atoms with Crippen molar-refractivity contribution in [1.82, 2.24) is 10.1 Å². The van der Waals surface area contributed by atoms with Crippen LogP contribution in [0.2, 0.25) is 0 Å². The molecule has 0 fully saturated rings. The van der Waals surface area contributed by atoms with E-state index in [0.29, 0.717) is 10.3 Å². The summed E-state index contributed by atoms with van der Waals surface area (Å²) in [6, 6.07) is 11.9. The molecule has 1 heterocycles. The number of nitrogens with zero attached hydrogens (tertiary/aromatic N) is 2. The van der Waals surface area contributed by atoms with Gasteiger partial charge in [0.2, 0.25) is 5.82 Å². The van der Waals surface area contributed by atoms with Crippen molar-refractivity contribution < 1.29 is 18.4 Å². The molecule has 128 valence electrons. The fraction of sp³-hybridized carbons (Fsp3) is 0.167. The Balaban J connectivity index is 1.66. The number of aromatic nitrogens is 2. The largest absolute Gasteiger partial charge is 0.452 e. The molecule has 0 amide bonds. The predicted octanol–water partition coefficient (Wildman–Crippen LogP) is 4.56. The molecule has 2 aromatic carbocycles. The third-order valence-electron chi connectivity index (χ3n) is 3.57. The fourth-order valence-corrected chi connectivity index (χ4v) is 2.51. The number of carbonyl (C=O) groups excluding carboxylic acids is 1. The Kier molecular flexibility index (Phi) is 5.23. The van der Waals surface area contributed by atoms with E-state index in [2.05, 4.69) is 33.0 Å². The number of benzene rings is 2. The molecule has 0 radical (unpaired) electrons. The van der Waals surface area contributed by atoms with Gasteiger partial charge in [-0.2, -0.15) is 4.98 Å². The van der Waals surface area contributed by atoms with E-state index < -0.39 is 11.8 Å². The van der Waals surface area contributed by atoms with Crippen LogP contribution in [-0.4, -0.2) is 16.1 Å². The van der Waals surface area contributed by atoms with Gasteiger partial charge in [-0.05, 0) is 30.2 Å². The van der Waals surface area contributed by atoms with Gasteiger partial charge in [0.1, 0.15) is 5.82 Å². The van der Waals surface area contributed by atoms with Gasteiger partial charge in [-0.1, -0.05) is 52.3 Å². The molecule has 0 aliphatic heterocycles. The third kappa shape index (κ3) is 4.11. The summed E-state index contributed by atoms with van der Waals surface area (Å²) in [4.78, 5) is 16.1. The predicted molar refractivity (Wildman–Crippen MR) is 92.3 cm³/mol. The average molecular weight is 405 g/mol. The van der Waals surface area contributed by atoms with Gasteiger partial charge in [-0.15, -0.1) is 0 Å². The first-order valence-electron chi connectivity index (χ1n) is 7.61. The summed E-state index contributed by atoms with van der Waals surface area (Å²) in [5.41, 5.74) is 1.86. The van der Waals surface area contributed by atoms with Crippen molar-refractivity contribution in [3.05, 3.63) is 69.8 Å². The number of carbonyl (C=O) groups is 1. The van der Waals surface area contributed by atoms with Gasteiger partial charge >= 0.3 is 5.97 Å². The molecule has 0 spiro atoms. The number of rotatable bonds is 5. The fourth-order valence-electron chi connectivity index (χ4n) is 2.18. The van der Waals surface area contributed by atoms with Gasteiger partial charge in [0.05, 0.1) is 5.56 Å². The van der Waals surface area contributed by atoms with Crippen molar-refractivity contribution in [2.45, 2.75) is 20.0 Å². The molecule has 0 saturated heterocycles. The number of ether oxygens (including phenoxy) is 1. The van der Waals surface area contributed by atoms with Crippen LogP contribution in [0.1, 0.15) is 28.7 Å². The lowest BCUT2D eigenvalue weighted by molar-refractivity contribution is 0.0424. The van der Waals surface area contributed by atoms with Crippen LogP contribution in [0.25, 0.3) is 11.4 Å². The van der Waals surface area contributed by atoms with Crippen LogP contribution in [0.15, 0.2) is 51.5 Å². The second-order valence-electron chi connectivity index (χ2n) is 5.26. The van der Waals surface area contributed by atoms with Gasteiger partial charge < -0.3 is 9.26 Å². The maximum absolute atomic E-state index is 13.7. The summed E-state index contributed by atoms with van der Waals surface area (Å²) in [6.45, 7) is 1.85. The van der Waals surface area contributed by atoms with Crippen molar-refractivity contribution in [1.29, 1.82) is 0 Å². The maximum Gasteiger partial charge on any atom is 0.341 e.